The molecule has 1 N–H and O–H groups in total. The molecule has 0 radical (unpaired) electrons. The van der Waals surface area contributed by atoms with Gasteiger partial charge >= 0.3 is 6.18 Å². The van der Waals surface area contributed by atoms with Crippen molar-refractivity contribution in [1.82, 2.24) is 9.71 Å². The Labute approximate surface area is 181 Å². The first-order chi connectivity index (χ1) is 14.3. The minimum atomic E-state index is -4.58. The molecule has 9 nitrogen and oxygen atoms in total. The molecule has 0 spiro atoms. The summed E-state index contributed by atoms with van der Waals surface area (Å²) >= 11 is 5.83. The number of ether oxygens (including phenoxy) is 1. The molecule has 0 saturated carbocycles. The molecule has 1 aromatic carbocycles. The number of anilines is 1. The molecule has 0 aliphatic rings. The fraction of sp³-hybridized carbons (Fsp3) is 0.353. The molecule has 0 aliphatic carbocycles. The van der Waals surface area contributed by atoms with Crippen LogP contribution in [0.5, 0.6) is 5.88 Å². The number of nitro groups is 1. The molecule has 170 valence electrons. The van der Waals surface area contributed by atoms with Crippen LogP contribution in [-0.2, 0) is 16.2 Å². The van der Waals surface area contributed by atoms with E-state index in [1.807, 2.05) is 0 Å². The molecule has 0 fully saturated rings. The molecular weight excluding hydrogens is 465 g/mol. The molecule has 31 heavy (non-hydrogen) atoms. The predicted molar refractivity (Wildman–Crippen MR) is 107 cm³/mol. The highest BCUT2D eigenvalue weighted by Crippen LogP contribution is 2.33. The SMILES string of the molecule is CN(C)c1cc(C(F)(F)F)cc(OCCCNS(=O)(=O)c2cc([N+](=O)[O-])ccc2Cl)n1. The van der Waals surface area contributed by atoms with Crippen molar-refractivity contribution in [2.75, 3.05) is 32.1 Å². The number of nitro benzene ring substituents is 1. The molecule has 0 saturated heterocycles. The predicted octanol–water partition coefficient (Wildman–Crippen LogP) is 3.48. The summed E-state index contributed by atoms with van der Waals surface area (Å²) in [4.78, 5) is 15.0. The molecule has 0 aliphatic heterocycles. The molecule has 2 aromatic rings. The Hall–Kier alpha value is -2.64. The van der Waals surface area contributed by atoms with Gasteiger partial charge in [-0.2, -0.15) is 18.2 Å². The highest BCUT2D eigenvalue weighted by Gasteiger charge is 2.32. The monoisotopic (exact) mass is 482 g/mol. The number of alkyl halides is 3. The summed E-state index contributed by atoms with van der Waals surface area (Å²) in [5.74, 6) is -0.214. The van der Waals surface area contributed by atoms with Gasteiger partial charge < -0.3 is 9.64 Å². The van der Waals surface area contributed by atoms with Crippen LogP contribution in [0.25, 0.3) is 0 Å². The maximum atomic E-state index is 13.0. The van der Waals surface area contributed by atoms with Crippen molar-refractivity contribution < 1.29 is 31.2 Å². The van der Waals surface area contributed by atoms with Crippen LogP contribution in [0.2, 0.25) is 5.02 Å². The maximum Gasteiger partial charge on any atom is 0.416 e. The smallest absolute Gasteiger partial charge is 0.416 e. The fourth-order valence-corrected chi connectivity index (χ4v) is 3.89. The zero-order valence-electron chi connectivity index (χ0n) is 16.3. The second-order valence-electron chi connectivity index (χ2n) is 6.42. The van der Waals surface area contributed by atoms with Crippen molar-refractivity contribution in [2.24, 2.45) is 0 Å². The highest BCUT2D eigenvalue weighted by atomic mass is 35.5. The lowest BCUT2D eigenvalue weighted by Gasteiger charge is -2.16. The lowest BCUT2D eigenvalue weighted by Crippen LogP contribution is -2.26. The second kappa shape index (κ2) is 9.66. The number of rotatable bonds is 9. The van der Waals surface area contributed by atoms with Crippen LogP contribution in [0.4, 0.5) is 24.7 Å². The fourth-order valence-electron chi connectivity index (χ4n) is 2.30. The van der Waals surface area contributed by atoms with Gasteiger partial charge in [0, 0.05) is 38.8 Å². The standard InChI is InChI=1S/C17H18ClF3N4O5S/c1-24(2)15-8-11(17(19,20)21)9-16(23-15)30-7-3-6-22-31(28,29)14-10-12(25(26)27)4-5-13(14)18/h4-5,8-10,22H,3,6-7H2,1-2H3. The van der Waals surface area contributed by atoms with Crippen LogP contribution in [0, 0.1) is 10.1 Å². The summed E-state index contributed by atoms with van der Waals surface area (Å²) in [5.41, 5.74) is -1.37. The lowest BCUT2D eigenvalue weighted by atomic mass is 10.2. The number of hydrogen-bond acceptors (Lipinski definition) is 7. The van der Waals surface area contributed by atoms with Crippen LogP contribution in [0.15, 0.2) is 35.2 Å². The van der Waals surface area contributed by atoms with Crippen LogP contribution >= 0.6 is 11.6 Å². The van der Waals surface area contributed by atoms with Gasteiger partial charge in [-0.3, -0.25) is 10.1 Å². The molecule has 2 rings (SSSR count). The lowest BCUT2D eigenvalue weighted by molar-refractivity contribution is -0.385. The first-order valence-corrected chi connectivity index (χ1v) is 10.5. The third-order valence-corrected chi connectivity index (χ3v) is 5.79. The molecule has 0 unspecified atom stereocenters. The molecule has 0 bridgehead atoms. The Bertz CT molecular complexity index is 1060. The summed E-state index contributed by atoms with van der Waals surface area (Å²) in [6.45, 7) is -0.285. The van der Waals surface area contributed by atoms with Crippen molar-refractivity contribution in [3.63, 3.8) is 0 Å². The zero-order chi connectivity index (χ0) is 23.4. The number of sulfonamides is 1. The molecular formula is C17H18ClF3N4O5S. The second-order valence-corrected chi connectivity index (χ2v) is 8.56. The Morgan fingerprint density at radius 3 is 2.52 bits per heavy atom. The van der Waals surface area contributed by atoms with Gasteiger partial charge in [0.1, 0.15) is 10.7 Å². The van der Waals surface area contributed by atoms with Gasteiger partial charge in [-0.15, -0.1) is 0 Å². The minimum Gasteiger partial charge on any atom is -0.478 e. The van der Waals surface area contributed by atoms with E-state index in [0.29, 0.717) is 0 Å². The van der Waals surface area contributed by atoms with Crippen LogP contribution in [-0.4, -0.2) is 45.6 Å². The number of hydrogen-bond donors (Lipinski definition) is 1. The zero-order valence-corrected chi connectivity index (χ0v) is 17.9. The molecule has 1 aromatic heterocycles. The number of halogens is 4. The van der Waals surface area contributed by atoms with E-state index in [-0.39, 0.29) is 36.3 Å². The van der Waals surface area contributed by atoms with E-state index in [1.54, 1.807) is 0 Å². The highest BCUT2D eigenvalue weighted by molar-refractivity contribution is 7.89. The Kier molecular flexibility index (Phi) is 7.68. The Morgan fingerprint density at radius 2 is 1.94 bits per heavy atom. The van der Waals surface area contributed by atoms with Crippen molar-refractivity contribution in [3.8, 4) is 5.88 Å². The van der Waals surface area contributed by atoms with Crippen molar-refractivity contribution >= 4 is 33.1 Å². The normalized spacial score (nSPS) is 11.9. The van der Waals surface area contributed by atoms with E-state index in [0.717, 1.165) is 30.3 Å². The molecule has 0 amide bonds. The van der Waals surface area contributed by atoms with Crippen molar-refractivity contribution in [2.45, 2.75) is 17.5 Å². The van der Waals surface area contributed by atoms with Crippen LogP contribution in [0.1, 0.15) is 12.0 Å². The van der Waals surface area contributed by atoms with Gasteiger partial charge in [-0.25, -0.2) is 13.1 Å². The van der Waals surface area contributed by atoms with Crippen molar-refractivity contribution in [3.05, 3.63) is 51.0 Å². The summed E-state index contributed by atoms with van der Waals surface area (Å²) in [7, 11) is -1.09. The number of pyridine rings is 1. The van der Waals surface area contributed by atoms with E-state index in [2.05, 4.69) is 9.71 Å². The summed E-state index contributed by atoms with van der Waals surface area (Å²) < 4.78 is 71.2. The molecule has 0 atom stereocenters. The summed E-state index contributed by atoms with van der Waals surface area (Å²) in [5, 5.41) is 10.6. The van der Waals surface area contributed by atoms with Gasteiger partial charge in [-0.05, 0) is 18.6 Å². The van der Waals surface area contributed by atoms with E-state index >= 15 is 0 Å². The molecule has 14 heteroatoms. The van der Waals surface area contributed by atoms with Gasteiger partial charge in [0.05, 0.1) is 22.1 Å². The maximum absolute atomic E-state index is 13.0. The largest absolute Gasteiger partial charge is 0.478 e. The average Bonchev–Trinajstić information content (AvgIpc) is 2.66. The number of benzene rings is 1. The minimum absolute atomic E-state index is 0.0471. The third-order valence-electron chi connectivity index (χ3n) is 3.85. The Balaban J connectivity index is 2.00. The van der Waals surface area contributed by atoms with Crippen LogP contribution in [0.3, 0.4) is 0 Å². The number of nitrogens with one attached hydrogen (secondary N) is 1. The van der Waals surface area contributed by atoms with Gasteiger partial charge in [-0.1, -0.05) is 11.6 Å². The van der Waals surface area contributed by atoms with E-state index < -0.39 is 37.3 Å². The van der Waals surface area contributed by atoms with Gasteiger partial charge in [0.25, 0.3) is 5.69 Å². The van der Waals surface area contributed by atoms with E-state index in [9.17, 15) is 31.7 Å². The topological polar surface area (TPSA) is 115 Å². The average molecular weight is 483 g/mol. The molecule has 1 heterocycles. The summed E-state index contributed by atoms with van der Waals surface area (Å²) in [6.07, 6.45) is -4.50. The first-order valence-electron chi connectivity index (χ1n) is 8.64. The van der Waals surface area contributed by atoms with E-state index in [4.69, 9.17) is 16.3 Å². The first kappa shape index (κ1) is 24.6. The van der Waals surface area contributed by atoms with E-state index in [1.165, 1.54) is 19.0 Å². The number of nitrogens with zero attached hydrogens (tertiary/aromatic N) is 3. The third kappa shape index (κ3) is 6.67. The van der Waals surface area contributed by atoms with Crippen molar-refractivity contribution in [1.29, 1.82) is 0 Å². The Morgan fingerprint density at radius 1 is 1.26 bits per heavy atom. The van der Waals surface area contributed by atoms with Crippen LogP contribution < -0.4 is 14.4 Å². The summed E-state index contributed by atoms with van der Waals surface area (Å²) in [6, 6.07) is 4.62. The number of aromatic nitrogens is 1. The van der Waals surface area contributed by atoms with Gasteiger partial charge in [0.2, 0.25) is 15.9 Å². The number of non-ortho nitro benzene ring substituents is 1. The quantitative estimate of drug-likeness (QED) is 0.330. The van der Waals surface area contributed by atoms with Gasteiger partial charge in [0.15, 0.2) is 0 Å².